The number of hydrogen-bond donors (Lipinski definition) is 1. The monoisotopic (exact) mass is 224 g/mol. The van der Waals surface area contributed by atoms with Crippen molar-refractivity contribution in [3.05, 3.63) is 77.7 Å². The van der Waals surface area contributed by atoms with Crippen molar-refractivity contribution in [3.63, 3.8) is 0 Å². The van der Waals surface area contributed by atoms with Crippen LogP contribution in [0.3, 0.4) is 0 Å². The quantitative estimate of drug-likeness (QED) is 0.778. The minimum absolute atomic E-state index is 0.211. The molecule has 2 aromatic rings. The van der Waals surface area contributed by atoms with Crippen LogP contribution in [0.25, 0.3) is 0 Å². The molecule has 0 aromatic heterocycles. The molecule has 0 bridgehead atoms. The van der Waals surface area contributed by atoms with E-state index >= 15 is 0 Å². The summed E-state index contributed by atoms with van der Waals surface area (Å²) in [5, 5.41) is 4.73. The maximum absolute atomic E-state index is 11.7. The van der Waals surface area contributed by atoms with Gasteiger partial charge in [-0.3, -0.25) is 4.79 Å². The van der Waals surface area contributed by atoms with E-state index in [0.717, 1.165) is 0 Å². The summed E-state index contributed by atoms with van der Waals surface area (Å²) in [7, 11) is 0. The Bertz CT molecular complexity index is 543. The maximum atomic E-state index is 11.7. The molecule has 3 nitrogen and oxygen atoms in total. The van der Waals surface area contributed by atoms with Gasteiger partial charge in [0.05, 0.1) is 5.36 Å². The molecule has 0 saturated heterocycles. The van der Waals surface area contributed by atoms with E-state index in [1.807, 2.05) is 54.6 Å². The number of amides is 1. The molecule has 0 atom stereocenters. The topological polar surface area (TPSA) is 41.5 Å². The van der Waals surface area contributed by atoms with Gasteiger partial charge in [-0.1, -0.05) is 42.5 Å². The van der Waals surface area contributed by atoms with Gasteiger partial charge in [-0.2, -0.15) is 5.10 Å². The van der Waals surface area contributed by atoms with Crippen molar-refractivity contribution in [1.82, 2.24) is 5.43 Å². The van der Waals surface area contributed by atoms with Gasteiger partial charge in [0.25, 0.3) is 5.91 Å². The van der Waals surface area contributed by atoms with Crippen molar-refractivity contribution >= 4 is 5.91 Å². The van der Waals surface area contributed by atoms with Crippen LogP contribution in [-0.4, -0.2) is 5.91 Å². The largest absolute Gasteiger partial charge is 0.271 e. The van der Waals surface area contributed by atoms with E-state index < -0.39 is 0 Å². The third-order valence-electron chi connectivity index (χ3n) is 2.19. The highest BCUT2D eigenvalue weighted by Gasteiger charge is 2.00. The van der Waals surface area contributed by atoms with E-state index in [4.69, 9.17) is 0 Å². The first-order valence-electron chi connectivity index (χ1n) is 5.31. The number of carbonyl (C=O) groups excluding carboxylic acids is 1. The molecule has 1 amide bonds. The lowest BCUT2D eigenvalue weighted by atomic mass is 10.2. The minimum Gasteiger partial charge on any atom is -0.267 e. The van der Waals surface area contributed by atoms with E-state index in [1.165, 1.54) is 0 Å². The van der Waals surface area contributed by atoms with Crippen molar-refractivity contribution in [3.8, 4) is 0 Å². The molecule has 0 fully saturated rings. The Hall–Kier alpha value is -2.42. The van der Waals surface area contributed by atoms with Crippen LogP contribution >= 0.6 is 0 Å². The molecule has 0 unspecified atom stereocenters. The predicted octanol–water partition coefficient (Wildman–Crippen LogP) is 1.93. The lowest BCUT2D eigenvalue weighted by molar-refractivity contribution is 0.0953. The third-order valence-corrected chi connectivity index (χ3v) is 2.19. The molecule has 17 heavy (non-hydrogen) atoms. The number of benzene rings is 1. The van der Waals surface area contributed by atoms with Crippen molar-refractivity contribution in [2.45, 2.75) is 0 Å². The highest BCUT2D eigenvalue weighted by atomic mass is 16.2. The summed E-state index contributed by atoms with van der Waals surface area (Å²) in [6, 6.07) is 20.2. The zero-order valence-electron chi connectivity index (χ0n) is 9.21. The Kier molecular flexibility index (Phi) is 3.65. The average Bonchev–Trinajstić information content (AvgIpc) is 2.65. The minimum atomic E-state index is -0.211. The first-order chi connectivity index (χ1) is 8.36. The SMILES string of the molecule is O=C(NN=c1cccccc1)c1ccccc1. The van der Waals surface area contributed by atoms with Crippen molar-refractivity contribution in [1.29, 1.82) is 0 Å². The molecule has 0 saturated carbocycles. The summed E-state index contributed by atoms with van der Waals surface area (Å²) in [5.41, 5.74) is 3.11. The van der Waals surface area contributed by atoms with Crippen LogP contribution in [-0.2, 0) is 0 Å². The smallest absolute Gasteiger partial charge is 0.267 e. The first-order valence-corrected chi connectivity index (χ1v) is 5.31. The number of nitrogens with one attached hydrogen (secondary N) is 1. The van der Waals surface area contributed by atoms with Gasteiger partial charge in [0.2, 0.25) is 0 Å². The fraction of sp³-hybridized carbons (Fsp3) is 0. The van der Waals surface area contributed by atoms with Gasteiger partial charge in [0.1, 0.15) is 0 Å². The second-order valence-electron chi connectivity index (χ2n) is 3.45. The maximum Gasteiger partial charge on any atom is 0.271 e. The number of nitrogens with zero attached hydrogens (tertiary/aromatic N) is 1. The fourth-order valence-electron chi connectivity index (χ4n) is 1.34. The van der Waals surface area contributed by atoms with E-state index in [-0.39, 0.29) is 5.91 Å². The molecule has 84 valence electrons. The van der Waals surface area contributed by atoms with Gasteiger partial charge in [-0.15, -0.1) is 0 Å². The van der Waals surface area contributed by atoms with Crippen molar-refractivity contribution < 1.29 is 4.79 Å². The van der Waals surface area contributed by atoms with Crippen LogP contribution in [0.5, 0.6) is 0 Å². The molecular formula is C14H12N2O. The first kappa shape index (κ1) is 11.1. The predicted molar refractivity (Wildman–Crippen MR) is 65.9 cm³/mol. The standard InChI is InChI=1S/C14H12N2O/c17-14(12-8-4-3-5-9-12)16-15-13-10-6-1-2-7-11-13/h1-11H,(H,16,17). The zero-order valence-corrected chi connectivity index (χ0v) is 9.21. The highest BCUT2D eigenvalue weighted by Crippen LogP contribution is 1.97. The Morgan fingerprint density at radius 1 is 0.824 bits per heavy atom. The van der Waals surface area contributed by atoms with Crippen molar-refractivity contribution in [2.24, 2.45) is 5.10 Å². The molecule has 2 rings (SSSR count). The van der Waals surface area contributed by atoms with Crippen LogP contribution in [0, 0.1) is 0 Å². The van der Waals surface area contributed by atoms with E-state index in [0.29, 0.717) is 10.9 Å². The number of carbonyl (C=O) groups is 1. The van der Waals surface area contributed by atoms with Crippen LogP contribution in [0.4, 0.5) is 0 Å². The van der Waals surface area contributed by atoms with Gasteiger partial charge < -0.3 is 0 Å². The van der Waals surface area contributed by atoms with E-state index in [9.17, 15) is 4.79 Å². The van der Waals surface area contributed by atoms with Gasteiger partial charge >= 0.3 is 0 Å². The summed E-state index contributed by atoms with van der Waals surface area (Å²) in [5.74, 6) is -0.211. The Labute approximate surface area is 99.4 Å². The Morgan fingerprint density at radius 3 is 2.00 bits per heavy atom. The molecule has 0 aliphatic carbocycles. The van der Waals surface area contributed by atoms with Gasteiger partial charge in [-0.25, -0.2) is 5.43 Å². The summed E-state index contributed by atoms with van der Waals surface area (Å²) < 4.78 is 0. The van der Waals surface area contributed by atoms with E-state index in [1.54, 1.807) is 12.1 Å². The van der Waals surface area contributed by atoms with Gasteiger partial charge in [0, 0.05) is 5.56 Å². The van der Waals surface area contributed by atoms with Gasteiger partial charge in [0.15, 0.2) is 0 Å². The normalized spacial score (nSPS) is 9.41. The molecule has 3 heteroatoms. The highest BCUT2D eigenvalue weighted by molar-refractivity contribution is 5.93. The summed E-state index contributed by atoms with van der Waals surface area (Å²) >= 11 is 0. The molecule has 2 aromatic carbocycles. The summed E-state index contributed by atoms with van der Waals surface area (Å²) in [6.45, 7) is 0. The second-order valence-corrected chi connectivity index (χ2v) is 3.45. The molecule has 0 heterocycles. The third kappa shape index (κ3) is 3.28. The van der Waals surface area contributed by atoms with Gasteiger partial charge in [-0.05, 0) is 24.3 Å². The van der Waals surface area contributed by atoms with Crippen LogP contribution in [0.15, 0.2) is 71.8 Å². The van der Waals surface area contributed by atoms with Crippen molar-refractivity contribution in [2.75, 3.05) is 0 Å². The number of rotatable bonds is 2. The van der Waals surface area contributed by atoms with Crippen LogP contribution in [0.2, 0.25) is 0 Å². The fourth-order valence-corrected chi connectivity index (χ4v) is 1.34. The Balaban J connectivity index is 2.14. The summed E-state index contributed by atoms with van der Waals surface area (Å²) in [4.78, 5) is 11.7. The Morgan fingerprint density at radius 2 is 1.35 bits per heavy atom. The molecule has 1 N–H and O–H groups in total. The molecule has 0 aliphatic heterocycles. The lowest BCUT2D eigenvalue weighted by Crippen LogP contribution is -2.20. The molecule has 0 radical (unpaired) electrons. The van der Waals surface area contributed by atoms with Crippen LogP contribution < -0.4 is 10.8 Å². The zero-order chi connectivity index (χ0) is 11.9. The van der Waals surface area contributed by atoms with Crippen LogP contribution in [0.1, 0.15) is 10.4 Å². The molecule has 0 spiro atoms. The summed E-state index contributed by atoms with van der Waals surface area (Å²) in [6.07, 6.45) is 0. The van der Waals surface area contributed by atoms with E-state index in [2.05, 4.69) is 10.5 Å². The number of hydrogen-bond acceptors (Lipinski definition) is 2. The molecular weight excluding hydrogens is 212 g/mol. The average molecular weight is 224 g/mol. The second kappa shape index (κ2) is 5.61. The lowest BCUT2D eigenvalue weighted by Gasteiger charge is -1.97. The molecule has 0 aliphatic rings.